The summed E-state index contributed by atoms with van der Waals surface area (Å²) in [5.74, 6) is 0.222. The molecule has 2 aromatic rings. The number of benzene rings is 2. The quantitative estimate of drug-likeness (QED) is 0.875. The van der Waals surface area contributed by atoms with Crippen molar-refractivity contribution in [3.8, 4) is 5.75 Å². The molecule has 1 heterocycles. The van der Waals surface area contributed by atoms with Gasteiger partial charge in [-0.15, -0.1) is 0 Å². The maximum absolute atomic E-state index is 10.9. The average Bonchev–Trinajstić information content (AvgIpc) is 2.63. The van der Waals surface area contributed by atoms with E-state index >= 15 is 0 Å². The minimum Gasteiger partial charge on any atom is -0.484 e. The third-order valence-electron chi connectivity index (χ3n) is 4.60. The van der Waals surface area contributed by atoms with Crippen molar-refractivity contribution in [1.82, 2.24) is 9.80 Å². The van der Waals surface area contributed by atoms with Gasteiger partial charge in [0, 0.05) is 32.2 Å². The zero-order valence-corrected chi connectivity index (χ0v) is 14.6. The van der Waals surface area contributed by atoms with Crippen LogP contribution in [0.25, 0.3) is 0 Å². The van der Waals surface area contributed by atoms with Crippen LogP contribution in [0.1, 0.15) is 17.2 Å². The predicted molar refractivity (Wildman–Crippen MR) is 98.2 cm³/mol. The molecule has 3 rings (SSSR count). The molecule has 1 aliphatic heterocycles. The maximum atomic E-state index is 10.9. The molecule has 2 N–H and O–H groups in total. The Morgan fingerprint density at radius 2 is 1.96 bits per heavy atom. The van der Waals surface area contributed by atoms with E-state index in [1.165, 1.54) is 11.1 Å². The van der Waals surface area contributed by atoms with Crippen LogP contribution in [-0.2, 0) is 11.3 Å². The fourth-order valence-corrected chi connectivity index (χ4v) is 3.26. The fraction of sp³-hybridized carbons (Fsp3) is 0.350. The van der Waals surface area contributed by atoms with Crippen molar-refractivity contribution in [2.75, 3.05) is 33.3 Å². The number of piperazine rings is 1. The first-order valence-electron chi connectivity index (χ1n) is 8.59. The second-order valence-corrected chi connectivity index (χ2v) is 6.54. The number of rotatable bonds is 6. The number of amides is 1. The van der Waals surface area contributed by atoms with Gasteiger partial charge in [-0.1, -0.05) is 42.5 Å². The summed E-state index contributed by atoms with van der Waals surface area (Å²) in [4.78, 5) is 15.7. The van der Waals surface area contributed by atoms with E-state index in [1.807, 2.05) is 18.2 Å². The van der Waals surface area contributed by atoms with Gasteiger partial charge in [-0.25, -0.2) is 0 Å². The Hall–Kier alpha value is -2.37. The molecule has 1 fully saturated rings. The van der Waals surface area contributed by atoms with E-state index in [0.29, 0.717) is 11.8 Å². The van der Waals surface area contributed by atoms with Gasteiger partial charge in [0.2, 0.25) is 0 Å². The van der Waals surface area contributed by atoms with E-state index < -0.39 is 5.91 Å². The number of carbonyl (C=O) groups is 1. The number of ether oxygens (including phenoxy) is 1. The summed E-state index contributed by atoms with van der Waals surface area (Å²) in [6, 6.07) is 18.9. The maximum Gasteiger partial charge on any atom is 0.255 e. The SMILES string of the molecule is CN1CCN(Cc2cccc(OCC(N)=O)c2)C[C@H]1c1ccccc1. The summed E-state index contributed by atoms with van der Waals surface area (Å²) in [6.07, 6.45) is 0. The second-order valence-electron chi connectivity index (χ2n) is 6.54. The minimum atomic E-state index is -0.463. The van der Waals surface area contributed by atoms with Crippen molar-refractivity contribution in [3.05, 3.63) is 65.7 Å². The molecule has 1 amide bonds. The predicted octanol–water partition coefficient (Wildman–Crippen LogP) is 2.04. The number of carbonyl (C=O) groups excluding carboxylic acids is 1. The highest BCUT2D eigenvalue weighted by molar-refractivity contribution is 5.75. The molecule has 5 heteroatoms. The van der Waals surface area contributed by atoms with E-state index in [0.717, 1.165) is 26.2 Å². The largest absolute Gasteiger partial charge is 0.484 e. The highest BCUT2D eigenvalue weighted by atomic mass is 16.5. The Balaban J connectivity index is 1.65. The summed E-state index contributed by atoms with van der Waals surface area (Å²) in [6.45, 7) is 3.84. The molecule has 0 spiro atoms. The number of nitrogens with two attached hydrogens (primary N) is 1. The standard InChI is InChI=1S/C20H25N3O2/c1-22-10-11-23(14-19(22)17-7-3-2-4-8-17)13-16-6-5-9-18(12-16)25-15-20(21)24/h2-9,12,19H,10-11,13-15H2,1H3,(H2,21,24)/t19-/m0/s1. The van der Waals surface area contributed by atoms with Gasteiger partial charge in [0.25, 0.3) is 5.91 Å². The molecule has 1 aliphatic rings. The third kappa shape index (κ3) is 4.81. The zero-order chi connectivity index (χ0) is 17.6. The van der Waals surface area contributed by atoms with Crippen LogP contribution < -0.4 is 10.5 Å². The molecule has 0 unspecified atom stereocenters. The normalized spacial score (nSPS) is 18.8. The van der Waals surface area contributed by atoms with Gasteiger partial charge >= 0.3 is 0 Å². The average molecular weight is 339 g/mol. The number of hydrogen-bond acceptors (Lipinski definition) is 4. The highest BCUT2D eigenvalue weighted by Crippen LogP contribution is 2.25. The number of hydrogen-bond donors (Lipinski definition) is 1. The Morgan fingerprint density at radius 3 is 2.72 bits per heavy atom. The van der Waals surface area contributed by atoms with Crippen molar-refractivity contribution in [2.24, 2.45) is 5.73 Å². The zero-order valence-electron chi connectivity index (χ0n) is 14.6. The van der Waals surface area contributed by atoms with Crippen molar-refractivity contribution < 1.29 is 9.53 Å². The van der Waals surface area contributed by atoms with Crippen molar-refractivity contribution in [2.45, 2.75) is 12.6 Å². The molecule has 0 saturated carbocycles. The fourth-order valence-electron chi connectivity index (χ4n) is 3.26. The van der Waals surface area contributed by atoms with Crippen LogP contribution in [-0.4, -0.2) is 49.0 Å². The van der Waals surface area contributed by atoms with E-state index in [9.17, 15) is 4.79 Å². The first kappa shape index (κ1) is 17.5. The lowest BCUT2D eigenvalue weighted by molar-refractivity contribution is -0.119. The van der Waals surface area contributed by atoms with Gasteiger partial charge in [-0.2, -0.15) is 0 Å². The molecule has 132 valence electrons. The van der Waals surface area contributed by atoms with E-state index in [2.05, 4.69) is 53.2 Å². The highest BCUT2D eigenvalue weighted by Gasteiger charge is 2.25. The third-order valence-corrected chi connectivity index (χ3v) is 4.60. The van der Waals surface area contributed by atoms with Gasteiger partial charge in [0.1, 0.15) is 5.75 Å². The molecule has 1 saturated heterocycles. The van der Waals surface area contributed by atoms with Crippen LogP contribution >= 0.6 is 0 Å². The van der Waals surface area contributed by atoms with Crippen LogP contribution in [0.15, 0.2) is 54.6 Å². The molecule has 0 radical (unpaired) electrons. The van der Waals surface area contributed by atoms with Crippen molar-refractivity contribution in [1.29, 1.82) is 0 Å². The monoisotopic (exact) mass is 339 g/mol. The van der Waals surface area contributed by atoms with Crippen LogP contribution in [0.5, 0.6) is 5.75 Å². The van der Waals surface area contributed by atoms with Crippen LogP contribution in [0, 0.1) is 0 Å². The molecule has 5 nitrogen and oxygen atoms in total. The Bertz CT molecular complexity index is 705. The summed E-state index contributed by atoms with van der Waals surface area (Å²) in [7, 11) is 2.19. The second kappa shape index (κ2) is 8.14. The number of likely N-dealkylation sites (N-methyl/N-ethyl adjacent to an activating group) is 1. The summed E-state index contributed by atoms with van der Waals surface area (Å²) in [5, 5.41) is 0. The van der Waals surface area contributed by atoms with Crippen LogP contribution in [0.3, 0.4) is 0 Å². The van der Waals surface area contributed by atoms with Crippen molar-refractivity contribution in [3.63, 3.8) is 0 Å². The lowest BCUT2D eigenvalue weighted by Gasteiger charge is -2.39. The summed E-state index contributed by atoms with van der Waals surface area (Å²) >= 11 is 0. The summed E-state index contributed by atoms with van der Waals surface area (Å²) in [5.41, 5.74) is 7.67. The Morgan fingerprint density at radius 1 is 1.16 bits per heavy atom. The van der Waals surface area contributed by atoms with Gasteiger partial charge in [-0.05, 0) is 30.3 Å². The lowest BCUT2D eigenvalue weighted by atomic mass is 10.0. The topological polar surface area (TPSA) is 58.8 Å². The van der Waals surface area contributed by atoms with Crippen LogP contribution in [0.4, 0.5) is 0 Å². The van der Waals surface area contributed by atoms with Gasteiger partial charge in [0.15, 0.2) is 6.61 Å². The van der Waals surface area contributed by atoms with E-state index in [4.69, 9.17) is 10.5 Å². The number of nitrogens with zero attached hydrogens (tertiary/aromatic N) is 2. The molecule has 0 aliphatic carbocycles. The molecule has 1 atom stereocenters. The molecular formula is C20H25N3O2. The van der Waals surface area contributed by atoms with Gasteiger partial charge in [-0.3, -0.25) is 14.6 Å². The number of primary amides is 1. The lowest BCUT2D eigenvalue weighted by Crippen LogP contribution is -2.46. The first-order chi connectivity index (χ1) is 12.1. The Labute approximate surface area is 149 Å². The minimum absolute atomic E-state index is 0.0892. The van der Waals surface area contributed by atoms with Crippen LogP contribution in [0.2, 0.25) is 0 Å². The molecule has 0 bridgehead atoms. The van der Waals surface area contributed by atoms with E-state index in [1.54, 1.807) is 0 Å². The Kier molecular flexibility index (Phi) is 5.68. The van der Waals surface area contributed by atoms with Crippen molar-refractivity contribution >= 4 is 5.91 Å². The molecule has 2 aromatic carbocycles. The summed E-state index contributed by atoms with van der Waals surface area (Å²) < 4.78 is 5.40. The van der Waals surface area contributed by atoms with Gasteiger partial charge < -0.3 is 10.5 Å². The van der Waals surface area contributed by atoms with Gasteiger partial charge in [0.05, 0.1) is 0 Å². The molecule has 0 aromatic heterocycles. The van der Waals surface area contributed by atoms with E-state index in [-0.39, 0.29) is 6.61 Å². The molecular weight excluding hydrogens is 314 g/mol. The molecule has 25 heavy (non-hydrogen) atoms. The smallest absolute Gasteiger partial charge is 0.255 e. The first-order valence-corrected chi connectivity index (χ1v) is 8.59.